The van der Waals surface area contributed by atoms with E-state index >= 15 is 0 Å². The molecule has 0 amide bonds. The lowest BCUT2D eigenvalue weighted by Crippen LogP contribution is -2.20. The average molecular weight is 305 g/mol. The van der Waals surface area contributed by atoms with E-state index < -0.39 is 0 Å². The minimum absolute atomic E-state index is 0.657. The molecule has 2 nitrogen and oxygen atoms in total. The van der Waals surface area contributed by atoms with Crippen LogP contribution in [0.5, 0.6) is 0 Å². The van der Waals surface area contributed by atoms with Crippen molar-refractivity contribution in [2.75, 3.05) is 20.1 Å². The molecule has 92 valence electrons. The Balaban J connectivity index is 2.18. The third kappa shape index (κ3) is 5.43. The molecule has 0 fully saturated rings. The van der Waals surface area contributed by atoms with Crippen LogP contribution in [0.2, 0.25) is 0 Å². The highest BCUT2D eigenvalue weighted by atomic mass is 79.9. The highest BCUT2D eigenvalue weighted by molar-refractivity contribution is 9.10. The summed E-state index contributed by atoms with van der Waals surface area (Å²) in [6.45, 7) is 5.23. The first-order chi connectivity index (χ1) is 7.61. The molecule has 1 unspecified atom stereocenters. The fraction of sp³-hybridized carbons (Fsp3) is 0.667. The molecule has 0 spiro atoms. The summed E-state index contributed by atoms with van der Waals surface area (Å²) in [6.07, 6.45) is 2.47. The molecule has 1 rings (SSSR count). The van der Waals surface area contributed by atoms with Gasteiger partial charge in [-0.1, -0.05) is 6.92 Å². The van der Waals surface area contributed by atoms with Crippen molar-refractivity contribution in [3.63, 3.8) is 0 Å². The summed E-state index contributed by atoms with van der Waals surface area (Å²) < 4.78 is 1.19. The second-order valence-corrected chi connectivity index (χ2v) is 6.36. The van der Waals surface area contributed by atoms with Crippen molar-refractivity contribution in [2.24, 2.45) is 11.7 Å². The Kier molecular flexibility index (Phi) is 6.58. The van der Waals surface area contributed by atoms with Crippen molar-refractivity contribution in [2.45, 2.75) is 26.3 Å². The summed E-state index contributed by atoms with van der Waals surface area (Å²) >= 11 is 5.29. The summed E-state index contributed by atoms with van der Waals surface area (Å²) in [4.78, 5) is 3.79. The molecule has 0 saturated heterocycles. The quantitative estimate of drug-likeness (QED) is 0.837. The lowest BCUT2D eigenvalue weighted by molar-refractivity contribution is 0.311. The van der Waals surface area contributed by atoms with E-state index in [0.29, 0.717) is 5.92 Å². The Morgan fingerprint density at radius 2 is 2.31 bits per heavy atom. The molecular formula is C12H21BrN2S. The van der Waals surface area contributed by atoms with Crippen LogP contribution < -0.4 is 5.73 Å². The highest BCUT2D eigenvalue weighted by Gasteiger charge is 2.04. The van der Waals surface area contributed by atoms with Crippen LogP contribution in [-0.2, 0) is 6.54 Å². The van der Waals surface area contributed by atoms with Crippen LogP contribution in [0.3, 0.4) is 0 Å². The lowest BCUT2D eigenvalue weighted by Gasteiger charge is -2.16. The highest BCUT2D eigenvalue weighted by Crippen LogP contribution is 2.20. The van der Waals surface area contributed by atoms with Crippen LogP contribution in [0.25, 0.3) is 0 Å². The van der Waals surface area contributed by atoms with Crippen LogP contribution in [0.15, 0.2) is 15.9 Å². The van der Waals surface area contributed by atoms with Gasteiger partial charge in [0.05, 0.1) is 0 Å². The summed E-state index contributed by atoms with van der Waals surface area (Å²) in [6, 6.07) is 2.20. The first-order valence-electron chi connectivity index (χ1n) is 5.73. The van der Waals surface area contributed by atoms with Gasteiger partial charge in [0.1, 0.15) is 0 Å². The van der Waals surface area contributed by atoms with Gasteiger partial charge in [0.2, 0.25) is 0 Å². The first kappa shape index (κ1) is 14.2. The van der Waals surface area contributed by atoms with Gasteiger partial charge in [0.25, 0.3) is 0 Å². The topological polar surface area (TPSA) is 29.3 Å². The summed E-state index contributed by atoms with van der Waals surface area (Å²) in [5.41, 5.74) is 5.60. The summed E-state index contributed by atoms with van der Waals surface area (Å²) in [5.74, 6) is 0.657. The molecular weight excluding hydrogens is 284 g/mol. The van der Waals surface area contributed by atoms with Crippen LogP contribution in [0, 0.1) is 5.92 Å². The van der Waals surface area contributed by atoms with E-state index in [1.54, 1.807) is 0 Å². The number of halogens is 1. The third-order valence-electron chi connectivity index (χ3n) is 2.69. The smallest absolute Gasteiger partial charge is 0.0325 e. The van der Waals surface area contributed by atoms with Gasteiger partial charge in [0.15, 0.2) is 0 Å². The van der Waals surface area contributed by atoms with Crippen molar-refractivity contribution in [3.05, 3.63) is 20.8 Å². The number of nitrogens with zero attached hydrogens (tertiary/aromatic N) is 1. The van der Waals surface area contributed by atoms with Crippen LogP contribution >= 0.6 is 27.3 Å². The van der Waals surface area contributed by atoms with E-state index in [1.807, 2.05) is 11.3 Å². The van der Waals surface area contributed by atoms with Crippen molar-refractivity contribution in [1.29, 1.82) is 0 Å². The summed E-state index contributed by atoms with van der Waals surface area (Å²) in [5, 5.41) is 2.14. The number of nitrogens with two attached hydrogens (primary N) is 1. The van der Waals surface area contributed by atoms with E-state index in [9.17, 15) is 0 Å². The molecule has 1 aromatic rings. The Morgan fingerprint density at radius 1 is 1.56 bits per heavy atom. The molecule has 0 aliphatic carbocycles. The second-order valence-electron chi connectivity index (χ2n) is 4.45. The maximum absolute atomic E-state index is 5.60. The standard InChI is InChI=1S/C12H21BrN2S/c1-10(7-14)4-3-5-15(2)8-12-6-11(13)9-16-12/h6,9-10H,3-5,7-8,14H2,1-2H3. The van der Waals surface area contributed by atoms with Crippen LogP contribution in [0.4, 0.5) is 0 Å². The van der Waals surface area contributed by atoms with E-state index in [4.69, 9.17) is 5.73 Å². The van der Waals surface area contributed by atoms with E-state index in [0.717, 1.165) is 19.6 Å². The number of rotatable bonds is 7. The Hall–Kier alpha value is 0.1000. The fourth-order valence-electron chi connectivity index (χ4n) is 1.61. The van der Waals surface area contributed by atoms with Crippen LogP contribution in [-0.4, -0.2) is 25.0 Å². The normalized spacial score (nSPS) is 13.3. The predicted octanol–water partition coefficient (Wildman–Crippen LogP) is 3.32. The van der Waals surface area contributed by atoms with Crippen molar-refractivity contribution >= 4 is 27.3 Å². The fourth-order valence-corrected chi connectivity index (χ4v) is 3.14. The molecule has 0 aromatic carbocycles. The maximum atomic E-state index is 5.60. The molecule has 1 aromatic heterocycles. The minimum Gasteiger partial charge on any atom is -0.330 e. The Morgan fingerprint density at radius 3 is 2.88 bits per heavy atom. The molecule has 0 aliphatic rings. The zero-order valence-corrected chi connectivity index (χ0v) is 12.5. The van der Waals surface area contributed by atoms with Gasteiger partial charge in [-0.3, -0.25) is 0 Å². The molecule has 1 atom stereocenters. The van der Waals surface area contributed by atoms with Gasteiger partial charge < -0.3 is 10.6 Å². The van der Waals surface area contributed by atoms with Crippen molar-refractivity contribution < 1.29 is 0 Å². The molecule has 2 N–H and O–H groups in total. The molecule has 1 heterocycles. The Labute approximate surface area is 111 Å². The minimum atomic E-state index is 0.657. The molecule has 0 aliphatic heterocycles. The predicted molar refractivity (Wildman–Crippen MR) is 75.8 cm³/mol. The van der Waals surface area contributed by atoms with Gasteiger partial charge in [-0.2, -0.15) is 0 Å². The Bertz CT molecular complexity index is 301. The number of thiophene rings is 1. The van der Waals surface area contributed by atoms with E-state index in [-0.39, 0.29) is 0 Å². The number of hydrogen-bond acceptors (Lipinski definition) is 3. The van der Waals surface area contributed by atoms with E-state index in [2.05, 4.69) is 46.2 Å². The summed E-state index contributed by atoms with van der Waals surface area (Å²) in [7, 11) is 2.18. The molecule has 4 heteroatoms. The second kappa shape index (κ2) is 7.43. The third-order valence-corrected chi connectivity index (χ3v) is 4.37. The zero-order chi connectivity index (χ0) is 12.0. The largest absolute Gasteiger partial charge is 0.330 e. The SMILES string of the molecule is CC(CN)CCCN(C)Cc1cc(Br)cs1. The van der Waals surface area contributed by atoms with Gasteiger partial charge in [-0.05, 0) is 60.9 Å². The van der Waals surface area contributed by atoms with Gasteiger partial charge in [0, 0.05) is 21.3 Å². The van der Waals surface area contributed by atoms with Gasteiger partial charge in [-0.25, -0.2) is 0 Å². The van der Waals surface area contributed by atoms with Crippen LogP contribution in [0.1, 0.15) is 24.6 Å². The monoisotopic (exact) mass is 304 g/mol. The zero-order valence-electron chi connectivity index (χ0n) is 10.1. The maximum Gasteiger partial charge on any atom is 0.0325 e. The first-order valence-corrected chi connectivity index (χ1v) is 7.40. The van der Waals surface area contributed by atoms with Gasteiger partial charge in [-0.15, -0.1) is 11.3 Å². The average Bonchev–Trinajstić information content (AvgIpc) is 2.63. The molecule has 0 radical (unpaired) electrons. The van der Waals surface area contributed by atoms with Crippen molar-refractivity contribution in [3.8, 4) is 0 Å². The number of hydrogen-bond donors (Lipinski definition) is 1. The molecule has 0 bridgehead atoms. The molecule has 0 saturated carbocycles. The van der Waals surface area contributed by atoms with E-state index in [1.165, 1.54) is 22.2 Å². The van der Waals surface area contributed by atoms with Crippen molar-refractivity contribution in [1.82, 2.24) is 4.90 Å². The lowest BCUT2D eigenvalue weighted by atomic mass is 10.1. The molecule has 16 heavy (non-hydrogen) atoms. The van der Waals surface area contributed by atoms with Gasteiger partial charge >= 0.3 is 0 Å².